The third kappa shape index (κ3) is 4.16. The number of anilines is 1. The number of benzene rings is 2. The molecule has 1 N–H and O–H groups in total. The highest BCUT2D eigenvalue weighted by Crippen LogP contribution is 2.17. The number of ether oxygens (including phenoxy) is 2. The Bertz CT molecular complexity index is 752. The van der Waals surface area contributed by atoms with E-state index in [0.29, 0.717) is 43.1 Å². The molecular formula is C19H20N2O4. The second-order valence-corrected chi connectivity index (χ2v) is 5.67. The lowest BCUT2D eigenvalue weighted by atomic mass is 10.1. The Morgan fingerprint density at radius 1 is 1.04 bits per heavy atom. The molecule has 0 radical (unpaired) electrons. The van der Waals surface area contributed by atoms with E-state index in [0.717, 1.165) is 5.75 Å². The van der Waals surface area contributed by atoms with Crippen LogP contribution in [-0.4, -0.2) is 50.1 Å². The number of carbonyl (C=O) groups is 2. The highest BCUT2D eigenvalue weighted by molar-refractivity contribution is 6.06. The van der Waals surface area contributed by atoms with Gasteiger partial charge in [-0.2, -0.15) is 0 Å². The summed E-state index contributed by atoms with van der Waals surface area (Å²) in [5.41, 5.74) is 1.61. The summed E-state index contributed by atoms with van der Waals surface area (Å²) < 4.78 is 10.4. The van der Waals surface area contributed by atoms with Crippen molar-refractivity contribution in [3.05, 3.63) is 59.7 Å². The van der Waals surface area contributed by atoms with E-state index >= 15 is 0 Å². The Hall–Kier alpha value is -2.86. The van der Waals surface area contributed by atoms with Crippen LogP contribution >= 0.6 is 0 Å². The molecule has 0 aliphatic carbocycles. The van der Waals surface area contributed by atoms with E-state index in [1.165, 1.54) is 0 Å². The van der Waals surface area contributed by atoms with Gasteiger partial charge >= 0.3 is 0 Å². The van der Waals surface area contributed by atoms with Crippen LogP contribution in [0.4, 0.5) is 5.69 Å². The van der Waals surface area contributed by atoms with Crippen LogP contribution in [0.3, 0.4) is 0 Å². The molecule has 3 rings (SSSR count). The number of morpholine rings is 1. The van der Waals surface area contributed by atoms with Crippen molar-refractivity contribution in [3.63, 3.8) is 0 Å². The summed E-state index contributed by atoms with van der Waals surface area (Å²) in [5, 5.41) is 2.82. The van der Waals surface area contributed by atoms with Gasteiger partial charge in [0.15, 0.2) is 0 Å². The largest absolute Gasteiger partial charge is 0.497 e. The molecular weight excluding hydrogens is 320 g/mol. The van der Waals surface area contributed by atoms with Crippen molar-refractivity contribution >= 4 is 17.5 Å². The molecule has 0 unspecified atom stereocenters. The second kappa shape index (κ2) is 7.81. The molecule has 0 spiro atoms. The predicted molar refractivity (Wildman–Crippen MR) is 94.1 cm³/mol. The van der Waals surface area contributed by atoms with Gasteiger partial charge in [-0.05, 0) is 42.5 Å². The molecule has 1 saturated heterocycles. The van der Waals surface area contributed by atoms with Gasteiger partial charge in [-0.25, -0.2) is 0 Å². The van der Waals surface area contributed by atoms with Crippen molar-refractivity contribution in [2.75, 3.05) is 38.7 Å². The molecule has 1 heterocycles. The molecule has 1 aliphatic rings. The molecule has 0 saturated carbocycles. The van der Waals surface area contributed by atoms with Gasteiger partial charge in [0.1, 0.15) is 5.75 Å². The number of nitrogens with zero attached hydrogens (tertiary/aromatic N) is 1. The predicted octanol–water partition coefficient (Wildman–Crippen LogP) is 2.42. The maximum Gasteiger partial charge on any atom is 0.255 e. The van der Waals surface area contributed by atoms with Crippen molar-refractivity contribution in [2.45, 2.75) is 0 Å². The van der Waals surface area contributed by atoms with Crippen LogP contribution in [0.5, 0.6) is 5.75 Å². The molecule has 2 aromatic carbocycles. The maximum absolute atomic E-state index is 12.5. The quantitative estimate of drug-likeness (QED) is 0.928. The van der Waals surface area contributed by atoms with Crippen LogP contribution in [0, 0.1) is 0 Å². The van der Waals surface area contributed by atoms with Crippen LogP contribution < -0.4 is 10.1 Å². The molecule has 2 amide bonds. The number of hydrogen-bond donors (Lipinski definition) is 1. The Kier molecular flexibility index (Phi) is 5.30. The first-order valence-corrected chi connectivity index (χ1v) is 8.10. The van der Waals surface area contributed by atoms with Crippen molar-refractivity contribution < 1.29 is 19.1 Å². The fourth-order valence-electron chi connectivity index (χ4n) is 2.62. The third-order valence-electron chi connectivity index (χ3n) is 4.02. The minimum absolute atomic E-state index is 0.0811. The molecule has 2 aromatic rings. The first kappa shape index (κ1) is 17.0. The molecule has 25 heavy (non-hydrogen) atoms. The van der Waals surface area contributed by atoms with Crippen molar-refractivity contribution in [2.24, 2.45) is 0 Å². The summed E-state index contributed by atoms with van der Waals surface area (Å²) in [6.07, 6.45) is 0. The van der Waals surface area contributed by atoms with Gasteiger partial charge in [0.25, 0.3) is 11.8 Å². The zero-order chi connectivity index (χ0) is 17.6. The SMILES string of the molecule is COc1ccc(NC(=O)c2cccc(C(=O)N3CCOCC3)c2)cc1. The van der Waals surface area contributed by atoms with E-state index in [9.17, 15) is 9.59 Å². The number of methoxy groups -OCH3 is 1. The third-order valence-corrected chi connectivity index (χ3v) is 4.02. The van der Waals surface area contributed by atoms with Gasteiger partial charge in [0.2, 0.25) is 0 Å². The maximum atomic E-state index is 12.5. The zero-order valence-corrected chi connectivity index (χ0v) is 14.0. The fourth-order valence-corrected chi connectivity index (χ4v) is 2.62. The molecule has 0 bridgehead atoms. The van der Waals surface area contributed by atoms with Gasteiger partial charge < -0.3 is 19.7 Å². The highest BCUT2D eigenvalue weighted by Gasteiger charge is 2.19. The summed E-state index contributed by atoms with van der Waals surface area (Å²) in [6.45, 7) is 2.23. The Labute approximate surface area is 146 Å². The summed E-state index contributed by atoms with van der Waals surface area (Å²) in [7, 11) is 1.59. The molecule has 0 aromatic heterocycles. The van der Waals surface area contributed by atoms with Gasteiger partial charge in [-0.15, -0.1) is 0 Å². The van der Waals surface area contributed by atoms with Crippen LogP contribution in [0.2, 0.25) is 0 Å². The molecule has 1 aliphatic heterocycles. The Morgan fingerprint density at radius 2 is 1.72 bits per heavy atom. The summed E-state index contributed by atoms with van der Waals surface area (Å²) >= 11 is 0. The van der Waals surface area contributed by atoms with Crippen LogP contribution in [0.1, 0.15) is 20.7 Å². The average Bonchev–Trinajstić information content (AvgIpc) is 2.68. The van der Waals surface area contributed by atoms with Crippen LogP contribution in [0.25, 0.3) is 0 Å². The molecule has 1 fully saturated rings. The lowest BCUT2D eigenvalue weighted by molar-refractivity contribution is 0.0303. The first-order valence-electron chi connectivity index (χ1n) is 8.10. The summed E-state index contributed by atoms with van der Waals surface area (Å²) in [5.74, 6) is 0.375. The number of hydrogen-bond acceptors (Lipinski definition) is 4. The highest BCUT2D eigenvalue weighted by atomic mass is 16.5. The van der Waals surface area contributed by atoms with Crippen molar-refractivity contribution in [1.82, 2.24) is 4.90 Å². The normalized spacial score (nSPS) is 14.0. The fraction of sp³-hybridized carbons (Fsp3) is 0.263. The van der Waals surface area contributed by atoms with E-state index < -0.39 is 0 Å². The van der Waals surface area contributed by atoms with Crippen LogP contribution in [0.15, 0.2) is 48.5 Å². The number of amides is 2. The van der Waals surface area contributed by atoms with Crippen LogP contribution in [-0.2, 0) is 4.74 Å². The van der Waals surface area contributed by atoms with Crippen molar-refractivity contribution in [3.8, 4) is 5.75 Å². The summed E-state index contributed by atoms with van der Waals surface area (Å²) in [6, 6.07) is 13.8. The van der Waals surface area contributed by atoms with Gasteiger partial charge in [-0.1, -0.05) is 6.07 Å². The standard InChI is InChI=1S/C19H20N2O4/c1-24-17-7-5-16(6-8-17)20-18(22)14-3-2-4-15(13-14)19(23)21-9-11-25-12-10-21/h2-8,13H,9-12H2,1H3,(H,20,22). The zero-order valence-electron chi connectivity index (χ0n) is 14.0. The van der Waals surface area contributed by atoms with Gasteiger partial charge in [0, 0.05) is 29.9 Å². The monoisotopic (exact) mass is 340 g/mol. The first-order chi connectivity index (χ1) is 12.2. The van der Waals surface area contributed by atoms with Gasteiger partial charge in [-0.3, -0.25) is 9.59 Å². The lowest BCUT2D eigenvalue weighted by Crippen LogP contribution is -2.40. The van der Waals surface area contributed by atoms with E-state index in [4.69, 9.17) is 9.47 Å². The minimum atomic E-state index is -0.262. The molecule has 0 atom stereocenters. The van der Waals surface area contributed by atoms with E-state index in [1.54, 1.807) is 60.5 Å². The number of rotatable bonds is 4. The minimum Gasteiger partial charge on any atom is -0.497 e. The Morgan fingerprint density at radius 3 is 2.40 bits per heavy atom. The number of carbonyl (C=O) groups excluding carboxylic acids is 2. The van der Waals surface area contributed by atoms with E-state index in [2.05, 4.69) is 5.32 Å². The van der Waals surface area contributed by atoms with E-state index in [1.807, 2.05) is 0 Å². The van der Waals surface area contributed by atoms with E-state index in [-0.39, 0.29) is 11.8 Å². The Balaban J connectivity index is 1.71. The number of nitrogens with one attached hydrogen (secondary N) is 1. The van der Waals surface area contributed by atoms with Crippen molar-refractivity contribution in [1.29, 1.82) is 0 Å². The smallest absolute Gasteiger partial charge is 0.255 e. The summed E-state index contributed by atoms with van der Waals surface area (Å²) in [4.78, 5) is 26.7. The topological polar surface area (TPSA) is 67.9 Å². The van der Waals surface area contributed by atoms with Gasteiger partial charge in [0.05, 0.1) is 20.3 Å². The molecule has 6 nitrogen and oxygen atoms in total. The molecule has 6 heteroatoms. The molecule has 130 valence electrons. The lowest BCUT2D eigenvalue weighted by Gasteiger charge is -2.27. The second-order valence-electron chi connectivity index (χ2n) is 5.67. The average molecular weight is 340 g/mol.